The van der Waals surface area contributed by atoms with Crippen molar-refractivity contribution >= 4 is 15.9 Å². The van der Waals surface area contributed by atoms with E-state index in [1.165, 1.54) is 68.7 Å². The number of rotatable bonds is 4. The molecule has 0 bridgehead atoms. The Hall–Kier alpha value is -0.300. The average molecular weight is 363 g/mol. The van der Waals surface area contributed by atoms with Gasteiger partial charge in [0, 0.05) is 4.47 Å². The summed E-state index contributed by atoms with van der Waals surface area (Å²) in [5.74, 6) is 3.97. The summed E-state index contributed by atoms with van der Waals surface area (Å²) in [7, 11) is 0. The molecule has 0 saturated heterocycles. The molecule has 1 aromatic rings. The van der Waals surface area contributed by atoms with Gasteiger partial charge in [-0.1, -0.05) is 60.7 Å². The topological polar surface area (TPSA) is 0 Å². The first-order valence-corrected chi connectivity index (χ1v) is 10.3. The molecule has 0 spiro atoms. The predicted octanol–water partition coefficient (Wildman–Crippen LogP) is 7.33. The lowest BCUT2D eigenvalue weighted by Crippen LogP contribution is -2.25. The van der Waals surface area contributed by atoms with Crippen LogP contribution < -0.4 is 0 Å². The van der Waals surface area contributed by atoms with E-state index in [0.29, 0.717) is 0 Å². The molecule has 0 atom stereocenters. The Kier molecular flexibility index (Phi) is 6.02. The van der Waals surface area contributed by atoms with Gasteiger partial charge >= 0.3 is 0 Å². The highest BCUT2D eigenvalue weighted by atomic mass is 79.9. The van der Waals surface area contributed by atoms with Gasteiger partial charge in [0.1, 0.15) is 0 Å². The number of halogens is 1. The highest BCUT2D eigenvalue weighted by Gasteiger charge is 2.30. The Morgan fingerprint density at radius 2 is 1.36 bits per heavy atom. The van der Waals surface area contributed by atoms with Crippen LogP contribution >= 0.6 is 15.9 Å². The third kappa shape index (κ3) is 4.16. The van der Waals surface area contributed by atoms with Crippen molar-refractivity contribution in [2.45, 2.75) is 77.0 Å². The fraction of sp³-hybridized carbons (Fsp3) is 0.714. The van der Waals surface area contributed by atoms with Gasteiger partial charge in [0.15, 0.2) is 0 Å². The fourth-order valence-electron chi connectivity index (χ4n) is 5.02. The van der Waals surface area contributed by atoms with Crippen LogP contribution in [0.4, 0.5) is 0 Å². The van der Waals surface area contributed by atoms with Crippen LogP contribution in [-0.2, 0) is 0 Å². The number of benzene rings is 1. The summed E-state index contributed by atoms with van der Waals surface area (Å²) in [5.41, 5.74) is 1.56. The van der Waals surface area contributed by atoms with E-state index in [4.69, 9.17) is 0 Å². The average Bonchev–Trinajstić information content (AvgIpc) is 2.57. The van der Waals surface area contributed by atoms with Crippen LogP contribution in [0.3, 0.4) is 0 Å². The maximum atomic E-state index is 3.55. The molecule has 2 fully saturated rings. The van der Waals surface area contributed by atoms with Gasteiger partial charge in [-0.05, 0) is 79.9 Å². The Balaban J connectivity index is 1.47. The summed E-state index contributed by atoms with van der Waals surface area (Å²) in [5, 5.41) is 0. The third-order valence-corrected chi connectivity index (χ3v) is 6.90. The van der Waals surface area contributed by atoms with Crippen LogP contribution in [0.1, 0.15) is 82.6 Å². The van der Waals surface area contributed by atoms with E-state index < -0.39 is 0 Å². The van der Waals surface area contributed by atoms with Crippen LogP contribution in [0.25, 0.3) is 0 Å². The summed E-state index contributed by atoms with van der Waals surface area (Å²) in [4.78, 5) is 0. The largest absolute Gasteiger partial charge is 0.0654 e. The number of hydrogen-bond donors (Lipinski definition) is 0. The minimum atomic E-state index is 0.820. The van der Waals surface area contributed by atoms with Crippen molar-refractivity contribution in [1.29, 1.82) is 0 Å². The molecule has 2 aliphatic rings. The Morgan fingerprint density at radius 3 is 1.91 bits per heavy atom. The van der Waals surface area contributed by atoms with E-state index in [-0.39, 0.29) is 0 Å². The lowest BCUT2D eigenvalue weighted by molar-refractivity contribution is 0.156. The maximum absolute atomic E-state index is 3.55. The Bertz CT molecular complexity index is 433. The van der Waals surface area contributed by atoms with Crippen LogP contribution in [0.5, 0.6) is 0 Å². The lowest BCUT2D eigenvalue weighted by atomic mass is 9.68. The summed E-state index contributed by atoms with van der Waals surface area (Å²) in [6.07, 6.45) is 14.7. The summed E-state index contributed by atoms with van der Waals surface area (Å²) >= 11 is 3.55. The van der Waals surface area contributed by atoms with Crippen molar-refractivity contribution in [1.82, 2.24) is 0 Å². The maximum Gasteiger partial charge on any atom is 0.0175 e. The summed E-state index contributed by atoms with van der Waals surface area (Å²) < 4.78 is 1.20. The molecule has 0 aromatic heterocycles. The first kappa shape index (κ1) is 16.6. The zero-order valence-electron chi connectivity index (χ0n) is 14.1. The second-order valence-electron chi connectivity index (χ2n) is 7.73. The van der Waals surface area contributed by atoms with Crippen LogP contribution in [0, 0.1) is 17.8 Å². The van der Waals surface area contributed by atoms with Crippen molar-refractivity contribution in [3.8, 4) is 0 Å². The molecule has 2 saturated carbocycles. The summed E-state index contributed by atoms with van der Waals surface area (Å²) in [6.45, 7) is 2.34. The van der Waals surface area contributed by atoms with E-state index in [1.807, 2.05) is 0 Å². The van der Waals surface area contributed by atoms with Crippen LogP contribution in [0.2, 0.25) is 0 Å². The normalized spacial score (nSPS) is 32.8. The molecule has 0 heterocycles. The molecule has 3 rings (SSSR count). The molecule has 0 N–H and O–H groups in total. The molecular formula is C21H31Br. The van der Waals surface area contributed by atoms with Gasteiger partial charge in [-0.25, -0.2) is 0 Å². The molecule has 0 unspecified atom stereocenters. The zero-order chi connectivity index (χ0) is 15.4. The molecule has 0 radical (unpaired) electrons. The molecule has 0 aliphatic heterocycles. The van der Waals surface area contributed by atoms with E-state index in [0.717, 1.165) is 23.7 Å². The Morgan fingerprint density at radius 1 is 0.818 bits per heavy atom. The van der Waals surface area contributed by atoms with E-state index >= 15 is 0 Å². The van der Waals surface area contributed by atoms with Gasteiger partial charge in [0.05, 0.1) is 0 Å². The molecule has 0 nitrogen and oxygen atoms in total. The minimum Gasteiger partial charge on any atom is -0.0654 e. The second kappa shape index (κ2) is 7.99. The standard InChI is InChI=1S/C21H31Br/c1-2-3-16-4-6-17(7-5-16)18-8-10-19(11-9-18)20-12-14-21(22)15-13-20/h12-19H,2-11H2,1H3/t16-,17-,18-,19-. The van der Waals surface area contributed by atoms with Crippen LogP contribution in [0.15, 0.2) is 28.7 Å². The fourth-order valence-corrected chi connectivity index (χ4v) is 5.28. The SMILES string of the molecule is CCC[C@H]1CC[C@H]([C@H]2CC[C@H](c3ccc(Br)cc3)CC2)CC1. The zero-order valence-corrected chi connectivity index (χ0v) is 15.7. The van der Waals surface area contributed by atoms with Crippen molar-refractivity contribution < 1.29 is 0 Å². The lowest BCUT2D eigenvalue weighted by Gasteiger charge is -2.38. The van der Waals surface area contributed by atoms with Gasteiger partial charge in [-0.15, -0.1) is 0 Å². The predicted molar refractivity (Wildman–Crippen MR) is 99.2 cm³/mol. The third-order valence-electron chi connectivity index (χ3n) is 6.37. The monoisotopic (exact) mass is 362 g/mol. The highest BCUT2D eigenvalue weighted by Crippen LogP contribution is 2.44. The van der Waals surface area contributed by atoms with Gasteiger partial charge < -0.3 is 0 Å². The first-order valence-electron chi connectivity index (χ1n) is 9.51. The molecule has 1 heteroatoms. The van der Waals surface area contributed by atoms with Crippen LogP contribution in [-0.4, -0.2) is 0 Å². The molecule has 1 aromatic carbocycles. The smallest absolute Gasteiger partial charge is 0.0175 e. The first-order chi connectivity index (χ1) is 10.8. The van der Waals surface area contributed by atoms with Gasteiger partial charge in [0.25, 0.3) is 0 Å². The number of hydrogen-bond acceptors (Lipinski definition) is 0. The highest BCUT2D eigenvalue weighted by molar-refractivity contribution is 9.10. The van der Waals surface area contributed by atoms with Crippen molar-refractivity contribution in [2.24, 2.45) is 17.8 Å². The van der Waals surface area contributed by atoms with E-state index in [2.05, 4.69) is 47.1 Å². The second-order valence-corrected chi connectivity index (χ2v) is 8.65. The van der Waals surface area contributed by atoms with E-state index in [9.17, 15) is 0 Å². The molecule has 122 valence electrons. The van der Waals surface area contributed by atoms with Crippen molar-refractivity contribution in [2.75, 3.05) is 0 Å². The quantitative estimate of drug-likeness (QED) is 0.525. The van der Waals surface area contributed by atoms with Crippen molar-refractivity contribution in [3.05, 3.63) is 34.3 Å². The van der Waals surface area contributed by atoms with Gasteiger partial charge in [-0.3, -0.25) is 0 Å². The van der Waals surface area contributed by atoms with E-state index in [1.54, 1.807) is 5.56 Å². The van der Waals surface area contributed by atoms with Gasteiger partial charge in [0.2, 0.25) is 0 Å². The summed E-state index contributed by atoms with van der Waals surface area (Å²) in [6, 6.07) is 9.06. The van der Waals surface area contributed by atoms with Crippen molar-refractivity contribution in [3.63, 3.8) is 0 Å². The minimum absolute atomic E-state index is 0.820. The molecule has 0 amide bonds. The molecule has 2 aliphatic carbocycles. The molecule has 22 heavy (non-hydrogen) atoms. The Labute approximate surface area is 145 Å². The van der Waals surface area contributed by atoms with Gasteiger partial charge in [-0.2, -0.15) is 0 Å². The molecular weight excluding hydrogens is 332 g/mol.